The molecule has 1 aromatic heterocycles. The molecule has 0 aliphatic carbocycles. The van der Waals surface area contributed by atoms with Crippen LogP contribution in [-0.4, -0.2) is 57.3 Å². The van der Waals surface area contributed by atoms with Crippen LogP contribution in [0, 0.1) is 0 Å². The summed E-state index contributed by atoms with van der Waals surface area (Å²) in [5.41, 5.74) is 3.91. The first-order valence-corrected chi connectivity index (χ1v) is 14.8. The number of benzene rings is 3. The van der Waals surface area contributed by atoms with Crippen LogP contribution in [0.5, 0.6) is 0 Å². The molecule has 224 valence electrons. The van der Waals surface area contributed by atoms with Gasteiger partial charge in [0, 0.05) is 29.8 Å². The molecule has 0 radical (unpaired) electrons. The van der Waals surface area contributed by atoms with E-state index in [1.807, 2.05) is 60.7 Å². The van der Waals surface area contributed by atoms with Gasteiger partial charge in [-0.05, 0) is 28.8 Å². The zero-order chi connectivity index (χ0) is 30.0. The summed E-state index contributed by atoms with van der Waals surface area (Å²) in [6.45, 7) is -0.0337. The highest BCUT2D eigenvalue weighted by Gasteiger charge is 2.32. The van der Waals surface area contributed by atoms with E-state index in [0.717, 1.165) is 22.3 Å². The third-order valence-corrected chi connectivity index (χ3v) is 7.91. The minimum Gasteiger partial charge on any atom is -0.467 e. The third-order valence-electron chi connectivity index (χ3n) is 6.90. The number of H-pyrrole nitrogens is 1. The van der Waals surface area contributed by atoms with E-state index in [1.165, 1.54) is 25.2 Å². The number of hydrogen-bond acceptors (Lipinski definition) is 9. The maximum atomic E-state index is 12.9. The molecule has 4 atom stereocenters. The van der Waals surface area contributed by atoms with Gasteiger partial charge in [0.2, 0.25) is 0 Å². The number of aliphatic hydroxyl groups is 1. The van der Waals surface area contributed by atoms with Crippen LogP contribution in [0.25, 0.3) is 0 Å². The number of aliphatic hydroxyl groups excluding tert-OH is 1. The van der Waals surface area contributed by atoms with Crippen molar-refractivity contribution in [1.82, 2.24) is 20.5 Å². The maximum absolute atomic E-state index is 12.9. The average molecular weight is 604 g/mol. The number of nitrogens with zero attached hydrogens (tertiary/aromatic N) is 2. The van der Waals surface area contributed by atoms with Crippen LogP contribution in [0.1, 0.15) is 41.1 Å². The first-order chi connectivity index (χ1) is 21.0. The van der Waals surface area contributed by atoms with E-state index in [4.69, 9.17) is 14.2 Å². The van der Waals surface area contributed by atoms with E-state index in [9.17, 15) is 14.7 Å². The second-order valence-electron chi connectivity index (χ2n) is 9.94. The summed E-state index contributed by atoms with van der Waals surface area (Å²) >= 11 is 1.51. The molecule has 1 saturated heterocycles. The largest absolute Gasteiger partial charge is 0.467 e. The molecular weight excluding hydrogens is 570 g/mol. The molecule has 0 saturated carbocycles. The minimum atomic E-state index is -0.860. The van der Waals surface area contributed by atoms with Gasteiger partial charge in [0.05, 0.1) is 25.9 Å². The van der Waals surface area contributed by atoms with Gasteiger partial charge in [0.25, 0.3) is 0 Å². The van der Waals surface area contributed by atoms with Crippen molar-refractivity contribution in [2.24, 2.45) is 0 Å². The molecule has 5 rings (SSSR count). The molecule has 4 aromatic rings. The molecule has 1 aliphatic heterocycles. The summed E-state index contributed by atoms with van der Waals surface area (Å²) in [5, 5.41) is 22.4. The van der Waals surface area contributed by atoms with E-state index >= 15 is 0 Å². The highest BCUT2D eigenvalue weighted by atomic mass is 32.2. The number of urea groups is 1. The molecule has 11 nitrogen and oxygen atoms in total. The summed E-state index contributed by atoms with van der Waals surface area (Å²) in [5.74, 6) is 0.0841. The molecule has 4 N–H and O–H groups in total. The Labute approximate surface area is 253 Å². The summed E-state index contributed by atoms with van der Waals surface area (Å²) < 4.78 is 17.7. The number of thioether (sulfide) groups is 1. The number of carbonyl (C=O) groups excluding carboxylic acids is 2. The minimum absolute atomic E-state index is 0.0337. The Morgan fingerprint density at radius 2 is 1.86 bits per heavy atom. The van der Waals surface area contributed by atoms with E-state index < -0.39 is 24.3 Å². The molecule has 0 spiro atoms. The lowest BCUT2D eigenvalue weighted by molar-refractivity contribution is -0.245. The zero-order valence-corrected chi connectivity index (χ0v) is 24.3. The summed E-state index contributed by atoms with van der Waals surface area (Å²) in [6.07, 6.45) is 1.24. The lowest BCUT2D eigenvalue weighted by atomic mass is 10.0. The number of ether oxygens (including phenoxy) is 3. The molecule has 2 amide bonds. The first kappa shape index (κ1) is 30.2. The lowest BCUT2D eigenvalue weighted by Gasteiger charge is -2.36. The number of methoxy groups -OCH3 is 1. The predicted molar refractivity (Wildman–Crippen MR) is 160 cm³/mol. The van der Waals surface area contributed by atoms with Crippen LogP contribution in [0.4, 0.5) is 10.5 Å². The molecule has 3 aromatic carbocycles. The van der Waals surface area contributed by atoms with Crippen LogP contribution in [0.3, 0.4) is 0 Å². The molecule has 43 heavy (non-hydrogen) atoms. The fourth-order valence-corrected chi connectivity index (χ4v) is 5.53. The van der Waals surface area contributed by atoms with Crippen molar-refractivity contribution in [3.63, 3.8) is 0 Å². The van der Waals surface area contributed by atoms with E-state index in [1.54, 1.807) is 18.2 Å². The van der Waals surface area contributed by atoms with E-state index in [-0.39, 0.29) is 18.8 Å². The molecule has 1 aliphatic rings. The number of esters is 1. The fourth-order valence-electron chi connectivity index (χ4n) is 4.73. The number of aromatic nitrogens is 3. The topological polar surface area (TPSA) is 148 Å². The number of hydrogen-bond donors (Lipinski definition) is 4. The van der Waals surface area contributed by atoms with Gasteiger partial charge in [0.15, 0.2) is 11.4 Å². The molecule has 2 heterocycles. The van der Waals surface area contributed by atoms with Crippen molar-refractivity contribution in [2.75, 3.05) is 18.2 Å². The first-order valence-electron chi connectivity index (χ1n) is 13.8. The van der Waals surface area contributed by atoms with Crippen molar-refractivity contribution >= 4 is 29.4 Å². The number of carbonyl (C=O) groups is 2. The van der Waals surface area contributed by atoms with Gasteiger partial charge < -0.3 is 30.0 Å². The Bertz CT molecular complexity index is 1470. The van der Waals surface area contributed by atoms with Crippen LogP contribution >= 0.6 is 11.8 Å². The van der Waals surface area contributed by atoms with Crippen LogP contribution < -0.4 is 10.6 Å². The Balaban J connectivity index is 1.29. The van der Waals surface area contributed by atoms with Gasteiger partial charge in [-0.15, -0.1) is 0 Å². The van der Waals surface area contributed by atoms with Gasteiger partial charge in [-0.3, -0.25) is 5.10 Å². The summed E-state index contributed by atoms with van der Waals surface area (Å²) in [7, 11) is 1.29. The fraction of sp³-hybridized carbons (Fsp3) is 0.290. The van der Waals surface area contributed by atoms with Crippen LogP contribution in [-0.2, 0) is 32.0 Å². The average Bonchev–Trinajstić information content (AvgIpc) is 3.57. The number of aromatic amines is 1. The smallest absolute Gasteiger partial charge is 0.328 e. The standard InChI is InChI=1S/C31H33N5O6S/c1-40-28(38)26(14-20-6-3-2-4-7-20)35-30(39)34-24-9-5-8-23(15-24)29-41-25(18-43-31-32-19-33-36-31)16-27(42-29)22-12-10-21(17-37)11-13-22/h2-13,15,19,25-27,29,37H,14,16-18H2,1H3,(H,32,33,36)(H2,34,35,39)/t25-,26+,27+,29+/m1/s1. The summed E-state index contributed by atoms with van der Waals surface area (Å²) in [4.78, 5) is 29.5. The highest BCUT2D eigenvalue weighted by Crippen LogP contribution is 2.39. The highest BCUT2D eigenvalue weighted by molar-refractivity contribution is 7.99. The van der Waals surface area contributed by atoms with Crippen molar-refractivity contribution in [2.45, 2.75) is 49.1 Å². The number of anilines is 1. The SMILES string of the molecule is COC(=O)[C@H](Cc1ccccc1)NC(=O)Nc1cccc([C@H]2O[C@@H](CSc3ncn[nH]3)C[C@@H](c3ccc(CO)cc3)O2)c1. The van der Waals surface area contributed by atoms with Gasteiger partial charge in [0.1, 0.15) is 12.4 Å². The lowest BCUT2D eigenvalue weighted by Crippen LogP contribution is -2.45. The predicted octanol–water partition coefficient (Wildman–Crippen LogP) is 4.54. The van der Waals surface area contributed by atoms with E-state index in [0.29, 0.717) is 29.4 Å². The summed E-state index contributed by atoms with van der Waals surface area (Å²) in [6, 6.07) is 22.9. The van der Waals surface area contributed by atoms with Crippen molar-refractivity contribution in [3.8, 4) is 0 Å². The van der Waals surface area contributed by atoms with Crippen molar-refractivity contribution in [1.29, 1.82) is 0 Å². The quantitative estimate of drug-likeness (QED) is 0.143. The second-order valence-corrected chi connectivity index (χ2v) is 10.9. The van der Waals surface area contributed by atoms with Gasteiger partial charge >= 0.3 is 12.0 Å². The molecule has 1 fully saturated rings. The Morgan fingerprint density at radius 1 is 1.05 bits per heavy atom. The van der Waals surface area contributed by atoms with Gasteiger partial charge in [-0.2, -0.15) is 5.10 Å². The zero-order valence-electron chi connectivity index (χ0n) is 23.5. The molecular formula is C31H33N5O6S. The second kappa shape index (κ2) is 14.8. The third kappa shape index (κ3) is 8.42. The Morgan fingerprint density at radius 3 is 2.58 bits per heavy atom. The Kier molecular flexibility index (Phi) is 10.4. The van der Waals surface area contributed by atoms with E-state index in [2.05, 4.69) is 25.8 Å². The normalized spacial score (nSPS) is 18.9. The maximum Gasteiger partial charge on any atom is 0.328 e. The van der Waals surface area contributed by atoms with Crippen LogP contribution in [0.2, 0.25) is 0 Å². The number of nitrogens with one attached hydrogen (secondary N) is 3. The van der Waals surface area contributed by atoms with Gasteiger partial charge in [-0.1, -0.05) is 78.5 Å². The van der Waals surface area contributed by atoms with Crippen molar-refractivity contribution < 1.29 is 28.9 Å². The van der Waals surface area contributed by atoms with Crippen molar-refractivity contribution in [3.05, 3.63) is 107 Å². The molecule has 0 unspecified atom stereocenters. The molecule has 0 bridgehead atoms. The monoisotopic (exact) mass is 603 g/mol. The van der Waals surface area contributed by atoms with Gasteiger partial charge in [-0.25, -0.2) is 14.6 Å². The number of amides is 2. The molecule has 12 heteroatoms. The Hall–Kier alpha value is -4.23. The van der Waals surface area contributed by atoms with Crippen LogP contribution in [0.15, 0.2) is 90.3 Å². The number of rotatable bonds is 11.